The predicted molar refractivity (Wildman–Crippen MR) is 77.2 cm³/mol. The van der Waals surface area contributed by atoms with Gasteiger partial charge in [-0.3, -0.25) is 14.8 Å². The fraction of sp³-hybridized carbons (Fsp3) is 0.231. The number of urea groups is 1. The van der Waals surface area contributed by atoms with Gasteiger partial charge < -0.3 is 10.6 Å². The third-order valence-electron chi connectivity index (χ3n) is 2.97. The smallest absolute Gasteiger partial charge is 0.334 e. The molecule has 0 aliphatic rings. The lowest BCUT2D eigenvalue weighted by molar-refractivity contribution is -0.388. The molecule has 1 heterocycles. The molecule has 2 amide bonds. The standard InChI is InChI=1S/C13H12F3N5O3/c1-20-7-8(6-18-20)5-17-12(22)19-9-2-3-11(21(23)24)10(4-9)13(14,15)16/h2-4,6-7H,5H2,1H3,(H2,17,19,22). The van der Waals surface area contributed by atoms with Gasteiger partial charge in [0.1, 0.15) is 5.56 Å². The second-order valence-electron chi connectivity index (χ2n) is 4.82. The number of carbonyl (C=O) groups excluding carboxylic acids is 1. The molecule has 0 atom stereocenters. The highest BCUT2D eigenvalue weighted by Crippen LogP contribution is 2.37. The second kappa shape index (κ2) is 6.56. The Morgan fingerprint density at radius 3 is 2.67 bits per heavy atom. The number of rotatable bonds is 4. The van der Waals surface area contributed by atoms with E-state index < -0.39 is 28.4 Å². The van der Waals surface area contributed by atoms with E-state index in [-0.39, 0.29) is 12.2 Å². The van der Waals surface area contributed by atoms with Crippen molar-refractivity contribution < 1.29 is 22.9 Å². The Bertz CT molecular complexity index is 772. The zero-order valence-electron chi connectivity index (χ0n) is 12.3. The third-order valence-corrected chi connectivity index (χ3v) is 2.97. The van der Waals surface area contributed by atoms with Crippen molar-refractivity contribution in [3.8, 4) is 0 Å². The van der Waals surface area contributed by atoms with Crippen LogP contribution in [0.3, 0.4) is 0 Å². The first-order valence-corrected chi connectivity index (χ1v) is 6.55. The number of nitrogens with zero attached hydrogens (tertiary/aromatic N) is 3. The number of carbonyl (C=O) groups is 1. The molecule has 0 saturated carbocycles. The number of hydrogen-bond acceptors (Lipinski definition) is 4. The topological polar surface area (TPSA) is 102 Å². The monoisotopic (exact) mass is 343 g/mol. The Labute approximate surface area is 133 Å². The van der Waals surface area contributed by atoms with E-state index >= 15 is 0 Å². The fourth-order valence-electron chi connectivity index (χ4n) is 1.92. The number of alkyl halides is 3. The summed E-state index contributed by atoms with van der Waals surface area (Å²) in [6, 6.07) is 1.49. The molecule has 128 valence electrons. The number of hydrogen-bond donors (Lipinski definition) is 2. The molecule has 0 bridgehead atoms. The average molecular weight is 343 g/mol. The van der Waals surface area contributed by atoms with Gasteiger partial charge >= 0.3 is 12.2 Å². The first-order valence-electron chi connectivity index (χ1n) is 6.55. The largest absolute Gasteiger partial charge is 0.423 e. The van der Waals surface area contributed by atoms with Gasteiger partial charge in [0.2, 0.25) is 0 Å². The molecule has 1 aromatic carbocycles. The van der Waals surface area contributed by atoms with Crippen LogP contribution >= 0.6 is 0 Å². The Morgan fingerprint density at radius 1 is 1.42 bits per heavy atom. The van der Waals surface area contributed by atoms with Crippen molar-refractivity contribution >= 4 is 17.4 Å². The minimum Gasteiger partial charge on any atom is -0.334 e. The Kier molecular flexibility index (Phi) is 4.71. The molecule has 2 aromatic rings. The lowest BCUT2D eigenvalue weighted by Gasteiger charge is -2.11. The first kappa shape index (κ1) is 17.2. The zero-order valence-corrected chi connectivity index (χ0v) is 12.3. The first-order chi connectivity index (χ1) is 11.2. The lowest BCUT2D eigenvalue weighted by Crippen LogP contribution is -2.28. The highest BCUT2D eigenvalue weighted by Gasteiger charge is 2.38. The molecule has 0 saturated heterocycles. The van der Waals surface area contributed by atoms with Gasteiger partial charge in [0.25, 0.3) is 5.69 Å². The summed E-state index contributed by atoms with van der Waals surface area (Å²) in [5.74, 6) is 0. The van der Waals surface area contributed by atoms with E-state index in [0.29, 0.717) is 17.7 Å². The van der Waals surface area contributed by atoms with E-state index in [9.17, 15) is 28.1 Å². The number of benzene rings is 1. The van der Waals surface area contributed by atoms with Crippen LogP contribution in [0.4, 0.5) is 29.3 Å². The Hall–Kier alpha value is -3.11. The van der Waals surface area contributed by atoms with E-state index in [0.717, 1.165) is 6.07 Å². The van der Waals surface area contributed by atoms with Gasteiger partial charge in [-0.05, 0) is 12.1 Å². The van der Waals surface area contributed by atoms with Crippen molar-refractivity contribution in [1.82, 2.24) is 15.1 Å². The van der Waals surface area contributed by atoms with E-state index in [2.05, 4.69) is 15.7 Å². The summed E-state index contributed by atoms with van der Waals surface area (Å²) < 4.78 is 40.1. The molecular weight excluding hydrogens is 331 g/mol. The van der Waals surface area contributed by atoms with Gasteiger partial charge in [0, 0.05) is 37.1 Å². The summed E-state index contributed by atoms with van der Waals surface area (Å²) in [6.07, 6.45) is -1.73. The van der Waals surface area contributed by atoms with Crippen LogP contribution in [0.1, 0.15) is 11.1 Å². The van der Waals surface area contributed by atoms with Gasteiger partial charge in [-0.2, -0.15) is 18.3 Å². The van der Waals surface area contributed by atoms with Crippen LogP contribution in [0.15, 0.2) is 30.6 Å². The summed E-state index contributed by atoms with van der Waals surface area (Å²) in [4.78, 5) is 21.2. The summed E-state index contributed by atoms with van der Waals surface area (Å²) in [5.41, 5.74) is -2.02. The van der Waals surface area contributed by atoms with E-state index in [1.807, 2.05) is 0 Å². The minimum absolute atomic E-state index is 0.124. The van der Waals surface area contributed by atoms with Crippen LogP contribution in [0.2, 0.25) is 0 Å². The minimum atomic E-state index is -4.91. The molecule has 0 fully saturated rings. The van der Waals surface area contributed by atoms with Crippen LogP contribution < -0.4 is 10.6 Å². The number of nitro benzene ring substituents is 1. The van der Waals surface area contributed by atoms with E-state index in [1.54, 1.807) is 13.2 Å². The van der Waals surface area contributed by atoms with Gasteiger partial charge in [-0.25, -0.2) is 4.79 Å². The lowest BCUT2D eigenvalue weighted by atomic mass is 10.1. The van der Waals surface area contributed by atoms with Gasteiger partial charge in [0.05, 0.1) is 11.1 Å². The summed E-state index contributed by atoms with van der Waals surface area (Å²) in [5, 5.41) is 19.2. The van der Waals surface area contributed by atoms with E-state index in [4.69, 9.17) is 0 Å². The van der Waals surface area contributed by atoms with Gasteiger partial charge in [-0.15, -0.1) is 0 Å². The van der Waals surface area contributed by atoms with Crippen LogP contribution in [0.25, 0.3) is 0 Å². The maximum Gasteiger partial charge on any atom is 0.423 e. The maximum absolute atomic E-state index is 12.9. The fourth-order valence-corrected chi connectivity index (χ4v) is 1.92. The summed E-state index contributed by atoms with van der Waals surface area (Å²) in [6.45, 7) is 0.124. The van der Waals surface area contributed by atoms with Crippen LogP contribution in [0, 0.1) is 10.1 Å². The molecule has 0 radical (unpaired) electrons. The molecule has 2 rings (SSSR count). The van der Waals surface area contributed by atoms with E-state index in [1.165, 1.54) is 10.9 Å². The molecule has 1 aromatic heterocycles. The van der Waals surface area contributed by atoms with Crippen molar-refractivity contribution in [1.29, 1.82) is 0 Å². The molecule has 0 unspecified atom stereocenters. The molecular formula is C13H12F3N5O3. The molecule has 2 N–H and O–H groups in total. The Balaban J connectivity index is 2.09. The van der Waals surface area contributed by atoms with Crippen molar-refractivity contribution in [2.45, 2.75) is 12.7 Å². The van der Waals surface area contributed by atoms with Crippen LogP contribution in [-0.2, 0) is 19.8 Å². The number of halogens is 3. The molecule has 11 heteroatoms. The molecule has 8 nitrogen and oxygen atoms in total. The van der Waals surface area contributed by atoms with Crippen molar-refractivity contribution in [3.05, 3.63) is 51.8 Å². The SMILES string of the molecule is Cn1cc(CNC(=O)Nc2ccc([N+](=O)[O-])c(C(F)(F)F)c2)cn1. The quantitative estimate of drug-likeness (QED) is 0.658. The van der Waals surface area contributed by atoms with Gasteiger partial charge in [-0.1, -0.05) is 0 Å². The third kappa shape index (κ3) is 4.21. The Morgan fingerprint density at radius 2 is 2.12 bits per heavy atom. The van der Waals surface area contributed by atoms with Crippen molar-refractivity contribution in [3.63, 3.8) is 0 Å². The highest BCUT2D eigenvalue weighted by atomic mass is 19.4. The van der Waals surface area contributed by atoms with Crippen molar-refractivity contribution in [2.24, 2.45) is 7.05 Å². The zero-order chi connectivity index (χ0) is 17.9. The molecule has 24 heavy (non-hydrogen) atoms. The summed E-state index contributed by atoms with van der Waals surface area (Å²) in [7, 11) is 1.69. The maximum atomic E-state index is 12.9. The molecule has 0 spiro atoms. The average Bonchev–Trinajstić information content (AvgIpc) is 2.89. The number of anilines is 1. The summed E-state index contributed by atoms with van der Waals surface area (Å²) >= 11 is 0. The van der Waals surface area contributed by atoms with Crippen LogP contribution in [0.5, 0.6) is 0 Å². The molecule has 0 aliphatic carbocycles. The molecule has 0 aliphatic heterocycles. The number of amides is 2. The van der Waals surface area contributed by atoms with Gasteiger partial charge in [0.15, 0.2) is 0 Å². The highest BCUT2D eigenvalue weighted by molar-refractivity contribution is 5.89. The van der Waals surface area contributed by atoms with Crippen molar-refractivity contribution in [2.75, 3.05) is 5.32 Å². The number of aryl methyl sites for hydroxylation is 1. The predicted octanol–water partition coefficient (Wildman–Crippen LogP) is 2.67. The second-order valence-corrected chi connectivity index (χ2v) is 4.82. The number of nitro groups is 1. The number of aromatic nitrogens is 2. The normalized spacial score (nSPS) is 11.2. The van der Waals surface area contributed by atoms with Crippen LogP contribution in [-0.4, -0.2) is 20.7 Å². The number of nitrogens with one attached hydrogen (secondary N) is 2.